The Bertz CT molecular complexity index is 2180. The van der Waals surface area contributed by atoms with Gasteiger partial charge in [-0.05, 0) is 50.3 Å². The lowest BCUT2D eigenvalue weighted by molar-refractivity contribution is -0.156. The molecule has 0 radical (unpaired) electrons. The molecule has 0 saturated heterocycles. The summed E-state index contributed by atoms with van der Waals surface area (Å²) in [5.41, 5.74) is 3.85. The zero-order chi connectivity index (χ0) is 32.3. The van der Waals surface area contributed by atoms with Crippen molar-refractivity contribution >= 4 is 48.0 Å². The Morgan fingerprint density at radius 3 is 1.15 bits per heavy atom. The van der Waals surface area contributed by atoms with Gasteiger partial charge in [0, 0.05) is 15.6 Å². The van der Waals surface area contributed by atoms with Crippen molar-refractivity contribution in [2.75, 3.05) is 0 Å². The van der Waals surface area contributed by atoms with Gasteiger partial charge in [0.1, 0.15) is 0 Å². The zero-order valence-electron chi connectivity index (χ0n) is 26.1. The fourth-order valence-electron chi connectivity index (χ4n) is 6.50. The maximum absolute atomic E-state index is 16.4. The van der Waals surface area contributed by atoms with Crippen LogP contribution in [0.5, 0.6) is 0 Å². The molecule has 0 aliphatic rings. The molecule has 0 spiro atoms. The van der Waals surface area contributed by atoms with Crippen molar-refractivity contribution in [3.05, 3.63) is 193 Å². The van der Waals surface area contributed by atoms with Crippen molar-refractivity contribution in [3.63, 3.8) is 0 Å². The van der Waals surface area contributed by atoms with Crippen LogP contribution < -0.4 is 31.1 Å². The minimum atomic E-state index is -3.46. The third-order valence-corrected chi connectivity index (χ3v) is 19.7. The predicted molar refractivity (Wildman–Crippen MR) is 203 cm³/mol. The molecular formula is C42H34O2P3-. The highest BCUT2D eigenvalue weighted by molar-refractivity contribution is 7.94. The van der Waals surface area contributed by atoms with Crippen molar-refractivity contribution < 1.29 is 9.46 Å². The van der Waals surface area contributed by atoms with E-state index in [9.17, 15) is 0 Å². The smallest absolute Gasteiger partial charge is 0.175 e. The summed E-state index contributed by atoms with van der Waals surface area (Å²) in [5.74, 6) is 0. The van der Waals surface area contributed by atoms with E-state index >= 15 is 9.46 Å². The first kappa shape index (κ1) is 31.2. The fraction of sp³-hybridized carbons (Fsp3) is 0.0238. The lowest BCUT2D eigenvalue weighted by atomic mass is 10.0. The lowest BCUT2D eigenvalue weighted by Crippen LogP contribution is -2.28. The molecule has 0 saturated carbocycles. The molecule has 0 bridgehead atoms. The van der Waals surface area contributed by atoms with Gasteiger partial charge in [-0.2, -0.15) is 0 Å². The molecule has 7 aromatic rings. The Kier molecular flexibility index (Phi) is 8.88. The van der Waals surface area contributed by atoms with Crippen LogP contribution in [0.2, 0.25) is 0 Å². The fourth-order valence-corrected chi connectivity index (χ4v) is 18.4. The molecule has 0 fully saturated rings. The van der Waals surface area contributed by atoms with Gasteiger partial charge >= 0.3 is 0 Å². The second-order valence-corrected chi connectivity index (χ2v) is 19.6. The van der Waals surface area contributed by atoms with Gasteiger partial charge in [0.15, 0.2) is 7.14 Å². The maximum atomic E-state index is 16.4. The molecule has 0 N–H and O–H groups in total. The number of hydrogen-bond donors (Lipinski definition) is 0. The molecule has 1 atom stereocenters. The van der Waals surface area contributed by atoms with Gasteiger partial charge in [-0.3, -0.25) is 0 Å². The van der Waals surface area contributed by atoms with Crippen molar-refractivity contribution in [2.45, 2.75) is 0 Å². The molecule has 1 aromatic heterocycles. The van der Waals surface area contributed by atoms with E-state index in [1.807, 2.05) is 158 Å². The third kappa shape index (κ3) is 5.63. The highest BCUT2D eigenvalue weighted by atomic mass is 31.2. The standard InChI is InChI=1S/C42H34O2P3/c1-45-41(46(43,35-24-12-4-13-25-35)36-26-14-5-15-27-36)39(33-20-8-2-9-21-33)32-40(34-22-10-3-11-23-34)42(45)47(44,37-28-16-6-17-29-37)38-30-18-7-19-31-38/h2-32H,1H3/q-1. The third-order valence-electron chi connectivity index (χ3n) is 8.65. The van der Waals surface area contributed by atoms with Crippen molar-refractivity contribution in [1.29, 1.82) is 0 Å². The molecule has 6 aromatic carbocycles. The van der Waals surface area contributed by atoms with Gasteiger partial charge < -0.3 is 9.46 Å². The van der Waals surface area contributed by atoms with Crippen molar-refractivity contribution in [1.82, 2.24) is 0 Å². The summed E-state index contributed by atoms with van der Waals surface area (Å²) in [5, 5.41) is 3.95. The van der Waals surface area contributed by atoms with Crippen LogP contribution in [0.25, 0.3) is 22.3 Å². The monoisotopic (exact) mass is 663 g/mol. The first-order valence-electron chi connectivity index (χ1n) is 15.6. The molecule has 7 rings (SSSR count). The Morgan fingerprint density at radius 1 is 0.447 bits per heavy atom. The highest BCUT2D eigenvalue weighted by Crippen LogP contribution is 2.57. The molecule has 5 heteroatoms. The second-order valence-electron chi connectivity index (χ2n) is 11.5. The Labute approximate surface area is 278 Å². The summed E-state index contributed by atoms with van der Waals surface area (Å²) >= 11 is 0. The average Bonchev–Trinajstić information content (AvgIpc) is 3.16. The molecule has 47 heavy (non-hydrogen) atoms. The minimum absolute atomic E-state index is 0.772. The van der Waals surface area contributed by atoms with E-state index in [0.29, 0.717) is 0 Å². The van der Waals surface area contributed by atoms with Crippen molar-refractivity contribution in [2.24, 2.45) is 6.66 Å². The van der Waals surface area contributed by atoms with Crippen LogP contribution in [0.1, 0.15) is 0 Å². The number of rotatable bonds is 7. The molecule has 2 nitrogen and oxygen atoms in total. The summed E-state index contributed by atoms with van der Waals surface area (Å²) in [4.78, 5) is 16.4. The first-order valence-corrected chi connectivity index (χ1v) is 20.8. The summed E-state index contributed by atoms with van der Waals surface area (Å²) < 4.78 is 17.2. The summed E-state index contributed by atoms with van der Waals surface area (Å²) in [6.07, 6.45) is 0. The van der Waals surface area contributed by atoms with Gasteiger partial charge in [-0.25, -0.2) is 0 Å². The zero-order valence-corrected chi connectivity index (χ0v) is 28.7. The largest absolute Gasteiger partial charge is 0.822 e. The van der Waals surface area contributed by atoms with E-state index in [4.69, 9.17) is 0 Å². The maximum Gasteiger partial charge on any atom is 0.175 e. The van der Waals surface area contributed by atoms with E-state index in [2.05, 4.69) is 37.0 Å². The average molecular weight is 664 g/mol. The molecule has 1 heterocycles. The van der Waals surface area contributed by atoms with E-state index in [-0.39, 0.29) is 0 Å². The molecular weight excluding hydrogens is 629 g/mol. The number of benzene rings is 6. The molecule has 0 amide bonds. The Morgan fingerprint density at radius 2 is 0.766 bits per heavy atom. The Balaban J connectivity index is 1.80. The summed E-state index contributed by atoms with van der Waals surface area (Å²) in [6.45, 7) is 2.18. The highest BCUT2D eigenvalue weighted by Gasteiger charge is 2.35. The quantitative estimate of drug-likeness (QED) is 0.160. The van der Waals surface area contributed by atoms with Crippen LogP contribution in [0.4, 0.5) is 0 Å². The molecule has 1 unspecified atom stereocenters. The van der Waals surface area contributed by atoms with Crippen LogP contribution in [0, 0.1) is 4.67 Å². The van der Waals surface area contributed by atoms with E-state index in [0.717, 1.165) is 53.2 Å². The summed E-state index contributed by atoms with van der Waals surface area (Å²) in [6, 6.07) is 62.1. The van der Waals surface area contributed by atoms with Gasteiger partial charge in [-0.1, -0.05) is 182 Å². The second kappa shape index (κ2) is 13.4. The topological polar surface area (TPSA) is 40.1 Å². The van der Waals surface area contributed by atoms with Crippen LogP contribution >= 0.6 is 21.8 Å². The first-order chi connectivity index (χ1) is 23.0. The minimum Gasteiger partial charge on any atom is -0.822 e. The predicted octanol–water partition coefficient (Wildman–Crippen LogP) is 8.66. The van der Waals surface area contributed by atoms with Crippen molar-refractivity contribution in [3.8, 4) is 22.3 Å². The summed E-state index contributed by atoms with van der Waals surface area (Å²) in [7, 11) is -8.34. The van der Waals surface area contributed by atoms with Crippen LogP contribution in [-0.4, -0.2) is 0 Å². The van der Waals surface area contributed by atoms with E-state index < -0.39 is 21.8 Å². The molecule has 230 valence electrons. The molecule has 0 aliphatic heterocycles. The van der Waals surface area contributed by atoms with Crippen LogP contribution in [0.15, 0.2) is 188 Å². The van der Waals surface area contributed by atoms with E-state index in [1.54, 1.807) is 0 Å². The number of hydrogen-bond acceptors (Lipinski definition) is 2. The Hall–Kier alpha value is -4.41. The van der Waals surface area contributed by atoms with Gasteiger partial charge in [0.25, 0.3) is 0 Å². The van der Waals surface area contributed by atoms with Gasteiger partial charge in [0.05, 0.1) is 0 Å². The lowest BCUT2D eigenvalue weighted by Gasteiger charge is -2.37. The van der Waals surface area contributed by atoms with Gasteiger partial charge in [0.2, 0.25) is 0 Å². The van der Waals surface area contributed by atoms with Gasteiger partial charge in [-0.15, -0.1) is 14.6 Å². The van der Waals surface area contributed by atoms with Crippen LogP contribution in [0.3, 0.4) is 0 Å². The van der Waals surface area contributed by atoms with Crippen LogP contribution in [-0.2, 0) is 11.2 Å². The molecule has 0 aliphatic carbocycles. The SMILES string of the molecule is Cp1c(P(=O)(c2ccccc2)c2ccccc2)c(-c2ccccc2)cc(-c2ccccc2)c1=P([O-])(c1ccccc1)c1ccccc1. The van der Waals surface area contributed by atoms with E-state index in [1.165, 1.54) is 0 Å². The normalized spacial score (nSPS) is 12.1.